The molecule has 6 heteroatoms. The van der Waals surface area contributed by atoms with Gasteiger partial charge in [-0.3, -0.25) is 9.69 Å². The van der Waals surface area contributed by atoms with Gasteiger partial charge in [0, 0.05) is 51.4 Å². The van der Waals surface area contributed by atoms with Crippen molar-refractivity contribution in [2.75, 3.05) is 39.3 Å². The SMILES string of the molecule is O=C(c1ccc(F)cc1F)N1CCC(N2CCNCC2)C1. The molecule has 0 saturated carbocycles. The summed E-state index contributed by atoms with van der Waals surface area (Å²) in [5.74, 6) is -1.79. The van der Waals surface area contributed by atoms with E-state index >= 15 is 0 Å². The average Bonchev–Trinajstić information content (AvgIpc) is 2.97. The molecule has 1 N–H and O–H groups in total. The van der Waals surface area contributed by atoms with Gasteiger partial charge in [-0.2, -0.15) is 0 Å². The van der Waals surface area contributed by atoms with Crippen LogP contribution in [0.15, 0.2) is 18.2 Å². The van der Waals surface area contributed by atoms with Gasteiger partial charge in [0.25, 0.3) is 5.91 Å². The van der Waals surface area contributed by atoms with Crippen LogP contribution in [-0.2, 0) is 0 Å². The second kappa shape index (κ2) is 6.07. The van der Waals surface area contributed by atoms with E-state index in [0.29, 0.717) is 19.1 Å². The minimum absolute atomic E-state index is 0.0441. The van der Waals surface area contributed by atoms with Crippen LogP contribution in [0.5, 0.6) is 0 Å². The fraction of sp³-hybridized carbons (Fsp3) is 0.533. The van der Waals surface area contributed by atoms with Crippen LogP contribution in [0.4, 0.5) is 8.78 Å². The van der Waals surface area contributed by atoms with Gasteiger partial charge >= 0.3 is 0 Å². The highest BCUT2D eigenvalue weighted by molar-refractivity contribution is 5.94. The molecule has 3 rings (SSSR count). The summed E-state index contributed by atoms with van der Waals surface area (Å²) in [4.78, 5) is 16.4. The fourth-order valence-electron chi connectivity index (χ4n) is 3.10. The highest BCUT2D eigenvalue weighted by Gasteiger charge is 2.32. The first-order valence-electron chi connectivity index (χ1n) is 7.34. The molecule has 2 fully saturated rings. The Balaban J connectivity index is 1.66. The van der Waals surface area contributed by atoms with Crippen LogP contribution in [-0.4, -0.2) is 61.0 Å². The Morgan fingerprint density at radius 3 is 2.67 bits per heavy atom. The molecule has 2 saturated heterocycles. The molecule has 0 bridgehead atoms. The first kappa shape index (κ1) is 14.4. The Morgan fingerprint density at radius 1 is 1.19 bits per heavy atom. The maximum Gasteiger partial charge on any atom is 0.256 e. The van der Waals surface area contributed by atoms with Gasteiger partial charge in [-0.25, -0.2) is 8.78 Å². The Labute approximate surface area is 122 Å². The third-order valence-electron chi connectivity index (χ3n) is 4.28. The second-order valence-corrected chi connectivity index (χ2v) is 5.60. The van der Waals surface area contributed by atoms with Gasteiger partial charge in [-0.15, -0.1) is 0 Å². The smallest absolute Gasteiger partial charge is 0.256 e. The minimum atomic E-state index is -0.786. The Morgan fingerprint density at radius 2 is 1.95 bits per heavy atom. The molecule has 4 nitrogen and oxygen atoms in total. The number of nitrogens with zero attached hydrogens (tertiary/aromatic N) is 2. The fourth-order valence-corrected chi connectivity index (χ4v) is 3.10. The number of carbonyl (C=O) groups excluding carboxylic acids is 1. The number of piperazine rings is 1. The quantitative estimate of drug-likeness (QED) is 0.887. The summed E-state index contributed by atoms with van der Waals surface area (Å²) in [5.41, 5.74) is -0.0441. The van der Waals surface area contributed by atoms with Gasteiger partial charge in [-0.05, 0) is 18.6 Å². The highest BCUT2D eigenvalue weighted by atomic mass is 19.1. The van der Waals surface area contributed by atoms with Gasteiger partial charge in [0.1, 0.15) is 11.6 Å². The zero-order chi connectivity index (χ0) is 14.8. The summed E-state index contributed by atoms with van der Waals surface area (Å²) in [6, 6.07) is 3.46. The number of likely N-dealkylation sites (tertiary alicyclic amines) is 1. The number of carbonyl (C=O) groups is 1. The molecule has 2 aliphatic heterocycles. The van der Waals surface area contributed by atoms with Crippen molar-refractivity contribution >= 4 is 5.91 Å². The van der Waals surface area contributed by atoms with Gasteiger partial charge in [0.2, 0.25) is 0 Å². The minimum Gasteiger partial charge on any atom is -0.337 e. The van der Waals surface area contributed by atoms with E-state index < -0.39 is 11.6 Å². The van der Waals surface area contributed by atoms with Crippen LogP contribution in [0.25, 0.3) is 0 Å². The molecule has 1 atom stereocenters. The van der Waals surface area contributed by atoms with Crippen LogP contribution in [0, 0.1) is 11.6 Å². The Kier molecular flexibility index (Phi) is 4.17. The summed E-state index contributed by atoms with van der Waals surface area (Å²) in [6.07, 6.45) is 0.911. The van der Waals surface area contributed by atoms with Crippen molar-refractivity contribution < 1.29 is 13.6 Å². The molecule has 1 aromatic carbocycles. The lowest BCUT2D eigenvalue weighted by atomic mass is 10.2. The summed E-state index contributed by atoms with van der Waals surface area (Å²) in [6.45, 7) is 5.16. The molecular weight excluding hydrogens is 276 g/mol. The van der Waals surface area contributed by atoms with E-state index in [4.69, 9.17) is 0 Å². The number of hydrogen-bond donors (Lipinski definition) is 1. The van der Waals surface area contributed by atoms with E-state index in [9.17, 15) is 13.6 Å². The molecule has 2 aliphatic rings. The first-order chi connectivity index (χ1) is 10.1. The van der Waals surface area contributed by atoms with Crippen molar-refractivity contribution in [1.29, 1.82) is 0 Å². The molecule has 114 valence electrons. The van der Waals surface area contributed by atoms with Crippen molar-refractivity contribution in [1.82, 2.24) is 15.1 Å². The summed E-state index contributed by atoms with van der Waals surface area (Å²) >= 11 is 0. The largest absolute Gasteiger partial charge is 0.337 e. The van der Waals surface area contributed by atoms with Crippen molar-refractivity contribution in [3.8, 4) is 0 Å². The Hall–Kier alpha value is -1.53. The van der Waals surface area contributed by atoms with Crippen LogP contribution in [0.2, 0.25) is 0 Å². The number of nitrogens with one attached hydrogen (secondary N) is 1. The molecule has 1 aromatic rings. The van der Waals surface area contributed by atoms with E-state index in [2.05, 4.69) is 10.2 Å². The lowest BCUT2D eigenvalue weighted by Crippen LogP contribution is -2.49. The predicted octanol–water partition coefficient (Wildman–Crippen LogP) is 1.08. The monoisotopic (exact) mass is 295 g/mol. The lowest BCUT2D eigenvalue weighted by molar-refractivity contribution is 0.0769. The van der Waals surface area contributed by atoms with E-state index in [1.807, 2.05) is 0 Å². The molecule has 0 aromatic heterocycles. The number of benzene rings is 1. The molecule has 21 heavy (non-hydrogen) atoms. The van der Waals surface area contributed by atoms with E-state index in [1.165, 1.54) is 6.07 Å². The van der Waals surface area contributed by atoms with Crippen molar-refractivity contribution in [2.24, 2.45) is 0 Å². The molecule has 1 unspecified atom stereocenters. The topological polar surface area (TPSA) is 35.6 Å². The third-order valence-corrected chi connectivity index (χ3v) is 4.28. The number of halogens is 2. The maximum atomic E-state index is 13.7. The molecule has 1 amide bonds. The molecule has 2 heterocycles. The van der Waals surface area contributed by atoms with Crippen molar-refractivity contribution in [3.63, 3.8) is 0 Å². The van der Waals surface area contributed by atoms with Crippen molar-refractivity contribution in [2.45, 2.75) is 12.5 Å². The zero-order valence-electron chi connectivity index (χ0n) is 11.8. The van der Waals surface area contributed by atoms with E-state index in [1.54, 1.807) is 4.90 Å². The third kappa shape index (κ3) is 3.06. The number of rotatable bonds is 2. The summed E-state index contributed by atoms with van der Waals surface area (Å²) in [7, 11) is 0. The maximum absolute atomic E-state index is 13.7. The van der Waals surface area contributed by atoms with Crippen LogP contribution in [0.1, 0.15) is 16.8 Å². The summed E-state index contributed by atoms with van der Waals surface area (Å²) < 4.78 is 26.6. The van der Waals surface area contributed by atoms with Gasteiger partial charge in [-0.1, -0.05) is 0 Å². The van der Waals surface area contributed by atoms with Crippen LogP contribution in [0.3, 0.4) is 0 Å². The highest BCUT2D eigenvalue weighted by Crippen LogP contribution is 2.20. The lowest BCUT2D eigenvalue weighted by Gasteiger charge is -2.32. The molecule has 0 radical (unpaired) electrons. The van der Waals surface area contributed by atoms with Gasteiger partial charge < -0.3 is 10.2 Å². The van der Waals surface area contributed by atoms with Crippen LogP contribution >= 0.6 is 0 Å². The normalized spacial score (nSPS) is 23.5. The van der Waals surface area contributed by atoms with E-state index in [0.717, 1.165) is 44.7 Å². The zero-order valence-corrected chi connectivity index (χ0v) is 11.8. The standard InChI is InChI=1S/C15H19F2N3O/c16-11-1-2-13(14(17)9-11)15(21)20-6-3-12(10-20)19-7-4-18-5-8-19/h1-2,9,12,18H,3-8,10H2. The van der Waals surface area contributed by atoms with Gasteiger partial charge in [0.15, 0.2) is 0 Å². The van der Waals surface area contributed by atoms with Crippen LogP contribution < -0.4 is 5.32 Å². The van der Waals surface area contributed by atoms with Gasteiger partial charge in [0.05, 0.1) is 5.56 Å². The average molecular weight is 295 g/mol. The second-order valence-electron chi connectivity index (χ2n) is 5.60. The number of hydrogen-bond acceptors (Lipinski definition) is 3. The molecule has 0 aliphatic carbocycles. The Bertz CT molecular complexity index is 532. The number of amides is 1. The first-order valence-corrected chi connectivity index (χ1v) is 7.34. The van der Waals surface area contributed by atoms with E-state index in [-0.39, 0.29) is 11.5 Å². The predicted molar refractivity (Wildman–Crippen MR) is 75.1 cm³/mol. The molecule has 0 spiro atoms. The van der Waals surface area contributed by atoms with Crippen molar-refractivity contribution in [3.05, 3.63) is 35.4 Å². The molecular formula is C15H19F2N3O. The summed E-state index contributed by atoms with van der Waals surface area (Å²) in [5, 5.41) is 3.30.